The fraction of sp³-hybridized carbons (Fsp3) is 0.333. The Morgan fingerprint density at radius 3 is 2.00 bits per heavy atom. The van der Waals surface area contributed by atoms with Crippen LogP contribution in [-0.2, 0) is 9.53 Å². The van der Waals surface area contributed by atoms with Crippen molar-refractivity contribution in [3.8, 4) is 0 Å². The molecule has 0 aliphatic carbocycles. The number of rotatable bonds is 8. The van der Waals surface area contributed by atoms with Crippen LogP contribution < -0.4 is 0 Å². The predicted molar refractivity (Wildman–Crippen MR) is 112 cm³/mol. The van der Waals surface area contributed by atoms with Crippen molar-refractivity contribution in [2.24, 2.45) is 4.99 Å². The Morgan fingerprint density at radius 2 is 1.56 bits per heavy atom. The first kappa shape index (κ1) is 20.6. The number of hydrogen-bond donors (Lipinski definition) is 0. The smallest absolute Gasteiger partial charge is 0.331 e. The van der Waals surface area contributed by atoms with Gasteiger partial charge in [0.15, 0.2) is 0 Å². The molecule has 3 heteroatoms. The summed E-state index contributed by atoms with van der Waals surface area (Å²) in [5, 5.41) is 0. The number of esters is 1. The molecule has 0 heterocycles. The van der Waals surface area contributed by atoms with Gasteiger partial charge < -0.3 is 4.74 Å². The summed E-state index contributed by atoms with van der Waals surface area (Å²) in [5.41, 5.74) is 2.25. The molecule has 0 spiro atoms. The summed E-state index contributed by atoms with van der Waals surface area (Å²) in [4.78, 5) is 17.7. The van der Waals surface area contributed by atoms with Crippen LogP contribution in [0.1, 0.15) is 51.2 Å². The van der Waals surface area contributed by atoms with Gasteiger partial charge >= 0.3 is 5.97 Å². The van der Waals surface area contributed by atoms with E-state index in [0.717, 1.165) is 29.7 Å². The number of benzene rings is 2. The van der Waals surface area contributed by atoms with Crippen LogP contribution in [0.15, 0.2) is 78.3 Å². The summed E-state index contributed by atoms with van der Waals surface area (Å²) in [5.74, 6) is -0.282. The Morgan fingerprint density at radius 1 is 1.04 bits per heavy atom. The van der Waals surface area contributed by atoms with E-state index in [9.17, 15) is 4.79 Å². The van der Waals surface area contributed by atoms with E-state index in [2.05, 4.69) is 6.58 Å². The van der Waals surface area contributed by atoms with E-state index in [4.69, 9.17) is 9.73 Å². The predicted octanol–water partition coefficient (Wildman–Crippen LogP) is 5.59. The number of carbonyl (C=O) groups excluding carboxylic acids is 1. The second-order valence-electron chi connectivity index (χ2n) is 7.48. The molecular weight excluding hydrogens is 334 g/mol. The highest BCUT2D eigenvalue weighted by atomic mass is 16.6. The quantitative estimate of drug-likeness (QED) is 0.265. The molecule has 0 aliphatic heterocycles. The Bertz CT molecular complexity index is 716. The van der Waals surface area contributed by atoms with Gasteiger partial charge in [0.05, 0.1) is 5.71 Å². The molecule has 1 atom stereocenters. The monoisotopic (exact) mass is 363 g/mol. The number of ether oxygens (including phenoxy) is 1. The Labute approximate surface area is 162 Å². The van der Waals surface area contributed by atoms with Crippen LogP contribution in [0.3, 0.4) is 0 Å². The maximum atomic E-state index is 12.8. The summed E-state index contributed by atoms with van der Waals surface area (Å²) >= 11 is 0. The minimum atomic E-state index is -0.542. The van der Waals surface area contributed by atoms with Crippen LogP contribution >= 0.6 is 0 Å². The van der Waals surface area contributed by atoms with Crippen molar-refractivity contribution in [3.63, 3.8) is 0 Å². The van der Waals surface area contributed by atoms with Crippen LogP contribution in [0.4, 0.5) is 0 Å². The highest BCUT2D eigenvalue weighted by molar-refractivity contribution is 6.13. The van der Waals surface area contributed by atoms with Gasteiger partial charge in [-0.3, -0.25) is 4.99 Å². The van der Waals surface area contributed by atoms with Crippen LogP contribution in [0.25, 0.3) is 0 Å². The number of allylic oxidation sites excluding steroid dienone is 1. The Balaban J connectivity index is 2.43. The molecular formula is C24H29NO2. The average molecular weight is 364 g/mol. The molecule has 0 fully saturated rings. The molecule has 0 radical (unpaired) electrons. The third-order valence-electron chi connectivity index (χ3n) is 3.94. The molecule has 2 aromatic carbocycles. The van der Waals surface area contributed by atoms with Gasteiger partial charge in [-0.1, -0.05) is 66.7 Å². The molecule has 3 nitrogen and oxygen atoms in total. The van der Waals surface area contributed by atoms with Gasteiger partial charge in [0.25, 0.3) is 0 Å². The van der Waals surface area contributed by atoms with Crippen molar-refractivity contribution in [2.75, 3.05) is 0 Å². The second-order valence-corrected chi connectivity index (χ2v) is 7.48. The third kappa shape index (κ3) is 6.86. The van der Waals surface area contributed by atoms with Crippen LogP contribution in [0, 0.1) is 0 Å². The first-order chi connectivity index (χ1) is 12.9. The number of hydrogen-bond acceptors (Lipinski definition) is 3. The summed E-state index contributed by atoms with van der Waals surface area (Å²) < 4.78 is 5.63. The molecule has 2 aromatic rings. The molecule has 0 aliphatic rings. The van der Waals surface area contributed by atoms with E-state index < -0.39 is 11.6 Å². The summed E-state index contributed by atoms with van der Waals surface area (Å²) in [6, 6.07) is 19.4. The summed E-state index contributed by atoms with van der Waals surface area (Å²) in [7, 11) is 0. The average Bonchev–Trinajstić information content (AvgIpc) is 2.64. The van der Waals surface area contributed by atoms with Gasteiger partial charge in [0.2, 0.25) is 0 Å². The van der Waals surface area contributed by atoms with Crippen molar-refractivity contribution >= 4 is 11.7 Å². The van der Waals surface area contributed by atoms with Gasteiger partial charge in [0, 0.05) is 11.1 Å². The Hall–Kier alpha value is -2.68. The molecule has 0 bridgehead atoms. The van der Waals surface area contributed by atoms with Crippen molar-refractivity contribution in [1.82, 2.24) is 0 Å². The standard InChI is InChI=1S/C24H29NO2/c1-5-6-9-18-21(23(26)27-24(2,3)4)25-22(19-14-10-7-11-15-19)20-16-12-8-13-17-20/h5,7-8,10-17,21H,1,6,9,18H2,2-4H3. The lowest BCUT2D eigenvalue weighted by molar-refractivity contribution is -0.156. The van der Waals surface area contributed by atoms with E-state index in [1.165, 1.54) is 0 Å². The molecule has 0 saturated heterocycles. The molecule has 0 aromatic heterocycles. The van der Waals surface area contributed by atoms with E-state index in [-0.39, 0.29) is 5.97 Å². The van der Waals surface area contributed by atoms with Gasteiger partial charge in [-0.25, -0.2) is 4.79 Å². The van der Waals surface area contributed by atoms with Crippen LogP contribution in [-0.4, -0.2) is 23.3 Å². The van der Waals surface area contributed by atoms with Crippen LogP contribution in [0.5, 0.6) is 0 Å². The normalized spacial score (nSPS) is 12.1. The molecule has 2 rings (SSSR count). The molecule has 27 heavy (non-hydrogen) atoms. The lowest BCUT2D eigenvalue weighted by Crippen LogP contribution is -2.31. The van der Waals surface area contributed by atoms with Crippen molar-refractivity contribution < 1.29 is 9.53 Å². The molecule has 0 N–H and O–H groups in total. The first-order valence-corrected chi connectivity index (χ1v) is 9.43. The van der Waals surface area contributed by atoms with E-state index >= 15 is 0 Å². The molecule has 0 amide bonds. The van der Waals surface area contributed by atoms with Crippen molar-refractivity contribution in [2.45, 2.75) is 51.7 Å². The number of carbonyl (C=O) groups is 1. The highest BCUT2D eigenvalue weighted by Gasteiger charge is 2.25. The second kappa shape index (κ2) is 9.86. The van der Waals surface area contributed by atoms with Gasteiger partial charge in [-0.05, 0) is 40.0 Å². The zero-order valence-electron chi connectivity index (χ0n) is 16.5. The maximum absolute atomic E-state index is 12.8. The molecule has 1 unspecified atom stereocenters. The lowest BCUT2D eigenvalue weighted by atomic mass is 10.0. The molecule has 142 valence electrons. The van der Waals surface area contributed by atoms with Gasteiger partial charge in [0.1, 0.15) is 11.6 Å². The minimum Gasteiger partial charge on any atom is -0.458 e. The Kier molecular flexibility index (Phi) is 7.54. The highest BCUT2D eigenvalue weighted by Crippen LogP contribution is 2.18. The minimum absolute atomic E-state index is 0.282. The number of unbranched alkanes of at least 4 members (excludes halogenated alkanes) is 1. The van der Waals surface area contributed by atoms with Gasteiger partial charge in [-0.2, -0.15) is 0 Å². The topological polar surface area (TPSA) is 38.7 Å². The van der Waals surface area contributed by atoms with E-state index in [1.54, 1.807) is 0 Å². The zero-order chi connectivity index (χ0) is 19.7. The number of aliphatic imine (C=N–C) groups is 1. The number of nitrogens with zero attached hydrogens (tertiary/aromatic N) is 1. The lowest BCUT2D eigenvalue weighted by Gasteiger charge is -2.23. The summed E-state index contributed by atoms with van der Waals surface area (Å²) in [6.07, 6.45) is 4.18. The van der Waals surface area contributed by atoms with Crippen molar-refractivity contribution in [1.29, 1.82) is 0 Å². The van der Waals surface area contributed by atoms with E-state index in [1.807, 2.05) is 87.5 Å². The summed E-state index contributed by atoms with van der Waals surface area (Å²) in [6.45, 7) is 9.40. The SMILES string of the molecule is C=CCCCC(N=C(c1ccccc1)c1ccccc1)C(=O)OC(C)(C)C. The van der Waals surface area contributed by atoms with E-state index in [0.29, 0.717) is 6.42 Å². The largest absolute Gasteiger partial charge is 0.458 e. The molecule has 0 saturated carbocycles. The fourth-order valence-corrected chi connectivity index (χ4v) is 2.72. The van der Waals surface area contributed by atoms with Gasteiger partial charge in [-0.15, -0.1) is 6.58 Å². The van der Waals surface area contributed by atoms with Crippen molar-refractivity contribution in [3.05, 3.63) is 84.4 Å². The zero-order valence-corrected chi connectivity index (χ0v) is 16.5. The first-order valence-electron chi connectivity index (χ1n) is 9.43. The fourth-order valence-electron chi connectivity index (χ4n) is 2.72. The maximum Gasteiger partial charge on any atom is 0.331 e. The third-order valence-corrected chi connectivity index (χ3v) is 3.94. The van der Waals surface area contributed by atoms with Crippen LogP contribution in [0.2, 0.25) is 0 Å².